The van der Waals surface area contributed by atoms with Crippen molar-refractivity contribution in [3.63, 3.8) is 0 Å². The van der Waals surface area contributed by atoms with Gasteiger partial charge in [0.2, 0.25) is 5.89 Å². The minimum atomic E-state index is 0.645. The molecule has 0 N–H and O–H groups in total. The average Bonchev–Trinajstić information content (AvgIpc) is 3.68. The van der Waals surface area contributed by atoms with Crippen molar-refractivity contribution in [1.82, 2.24) is 9.55 Å². The lowest BCUT2D eigenvalue weighted by molar-refractivity contribution is 0.623. The van der Waals surface area contributed by atoms with Crippen LogP contribution in [-0.2, 0) is 0 Å². The molecule has 0 unspecified atom stereocenters. The molecule has 0 spiro atoms. The zero-order valence-electron chi connectivity index (χ0n) is 20.8. The van der Waals surface area contributed by atoms with Crippen LogP contribution in [0.1, 0.15) is 0 Å². The van der Waals surface area contributed by atoms with Crippen LogP contribution in [-0.4, -0.2) is 9.55 Å². The molecule has 0 saturated carbocycles. The van der Waals surface area contributed by atoms with E-state index in [1.807, 2.05) is 0 Å². The van der Waals surface area contributed by atoms with E-state index >= 15 is 0 Å². The van der Waals surface area contributed by atoms with E-state index in [0.717, 1.165) is 27.7 Å². The SMILES string of the molecule is c1ccc2c(c1)ccc1c3ccccc3n(-c3ccc(-c4nc5ccc6sc7ccccc7c6c5o4)cc3)c21. The number of fused-ring (bicyclic) bond motifs is 10. The van der Waals surface area contributed by atoms with Crippen molar-refractivity contribution in [2.24, 2.45) is 0 Å². The third-order valence-electron chi connectivity index (χ3n) is 7.83. The van der Waals surface area contributed by atoms with Gasteiger partial charge in [-0.25, -0.2) is 4.98 Å². The number of oxazole rings is 1. The topological polar surface area (TPSA) is 31.0 Å². The first-order valence-corrected chi connectivity index (χ1v) is 13.9. The second-order valence-corrected chi connectivity index (χ2v) is 11.1. The summed E-state index contributed by atoms with van der Waals surface area (Å²) in [4.78, 5) is 4.88. The Kier molecular flexibility index (Phi) is 4.21. The first-order valence-electron chi connectivity index (χ1n) is 13.1. The van der Waals surface area contributed by atoms with E-state index < -0.39 is 0 Å². The maximum absolute atomic E-state index is 6.45. The zero-order chi connectivity index (χ0) is 25.5. The van der Waals surface area contributed by atoms with Gasteiger partial charge in [0.25, 0.3) is 0 Å². The third-order valence-corrected chi connectivity index (χ3v) is 8.96. The molecule has 4 heteroatoms. The van der Waals surface area contributed by atoms with Crippen molar-refractivity contribution in [3.8, 4) is 17.1 Å². The van der Waals surface area contributed by atoms with Crippen LogP contribution in [0.2, 0.25) is 0 Å². The highest BCUT2D eigenvalue weighted by molar-refractivity contribution is 7.26. The molecule has 0 fully saturated rings. The molecule has 0 amide bonds. The third kappa shape index (κ3) is 2.95. The first-order chi connectivity index (χ1) is 19.3. The summed E-state index contributed by atoms with van der Waals surface area (Å²) in [5.41, 5.74) is 6.26. The van der Waals surface area contributed by atoms with Gasteiger partial charge in [-0.2, -0.15) is 0 Å². The molecule has 0 saturated heterocycles. The summed E-state index contributed by atoms with van der Waals surface area (Å²) in [6, 6.07) is 43.0. The second-order valence-electron chi connectivity index (χ2n) is 9.99. The summed E-state index contributed by atoms with van der Waals surface area (Å²) >= 11 is 1.79. The number of para-hydroxylation sites is 1. The van der Waals surface area contributed by atoms with Crippen molar-refractivity contribution < 1.29 is 4.42 Å². The summed E-state index contributed by atoms with van der Waals surface area (Å²) < 4.78 is 11.3. The van der Waals surface area contributed by atoms with Gasteiger partial charge < -0.3 is 8.98 Å². The maximum Gasteiger partial charge on any atom is 0.227 e. The van der Waals surface area contributed by atoms with Crippen LogP contribution in [0.5, 0.6) is 0 Å². The van der Waals surface area contributed by atoms with Crippen molar-refractivity contribution in [2.45, 2.75) is 0 Å². The van der Waals surface area contributed by atoms with Crippen molar-refractivity contribution in [2.75, 3.05) is 0 Å². The molecule has 182 valence electrons. The fourth-order valence-corrected chi connectivity index (χ4v) is 7.17. The molecule has 3 nitrogen and oxygen atoms in total. The molecule has 0 bridgehead atoms. The van der Waals surface area contributed by atoms with Gasteiger partial charge in [0.15, 0.2) is 5.58 Å². The second kappa shape index (κ2) is 7.79. The summed E-state index contributed by atoms with van der Waals surface area (Å²) in [6.07, 6.45) is 0. The van der Waals surface area contributed by atoms with Crippen LogP contribution in [0, 0.1) is 0 Å². The van der Waals surface area contributed by atoms with Crippen LogP contribution >= 0.6 is 11.3 Å². The van der Waals surface area contributed by atoms with Crippen LogP contribution in [0.3, 0.4) is 0 Å². The minimum absolute atomic E-state index is 0.645. The Morgan fingerprint density at radius 3 is 2.26 bits per heavy atom. The highest BCUT2D eigenvalue weighted by atomic mass is 32.1. The molecule has 3 aromatic heterocycles. The minimum Gasteiger partial charge on any atom is -0.435 e. The van der Waals surface area contributed by atoms with Gasteiger partial charge in [-0.1, -0.05) is 72.8 Å². The highest BCUT2D eigenvalue weighted by Crippen LogP contribution is 2.40. The lowest BCUT2D eigenvalue weighted by Gasteiger charge is -2.10. The Labute approximate surface area is 227 Å². The predicted molar refractivity (Wildman–Crippen MR) is 164 cm³/mol. The Morgan fingerprint density at radius 2 is 1.36 bits per heavy atom. The maximum atomic E-state index is 6.45. The van der Waals surface area contributed by atoms with Crippen LogP contribution in [0.4, 0.5) is 0 Å². The number of nitrogens with zero attached hydrogens (tertiary/aromatic N) is 2. The fraction of sp³-hybridized carbons (Fsp3) is 0. The molecular formula is C35H20N2OS. The summed E-state index contributed by atoms with van der Waals surface area (Å²) in [6.45, 7) is 0. The number of benzene rings is 6. The molecule has 0 aliphatic rings. The standard InChI is InChI=1S/C35H20N2OS/c1-2-8-24-21(7-1)15-18-26-25-9-3-5-11-29(25)37(33(24)26)23-16-13-22(14-17-23)35-36-28-19-20-31-32(34(28)38-35)27-10-4-6-12-30(27)39-31/h1-20H. The molecule has 9 aromatic rings. The van der Waals surface area contributed by atoms with E-state index in [1.54, 1.807) is 11.3 Å². The highest BCUT2D eigenvalue weighted by Gasteiger charge is 2.17. The van der Waals surface area contributed by atoms with Crippen molar-refractivity contribution in [1.29, 1.82) is 0 Å². The van der Waals surface area contributed by atoms with Gasteiger partial charge >= 0.3 is 0 Å². The number of hydrogen-bond acceptors (Lipinski definition) is 3. The zero-order valence-corrected chi connectivity index (χ0v) is 21.6. The molecule has 3 heterocycles. The number of rotatable bonds is 2. The Bertz CT molecular complexity index is 2390. The Hall–Kier alpha value is -4.93. The predicted octanol–water partition coefficient (Wildman–Crippen LogP) is 10.1. The number of hydrogen-bond donors (Lipinski definition) is 0. The van der Waals surface area contributed by atoms with Crippen LogP contribution in [0.15, 0.2) is 126 Å². The first kappa shape index (κ1) is 21.1. The van der Waals surface area contributed by atoms with E-state index in [4.69, 9.17) is 9.40 Å². The number of aromatic nitrogens is 2. The van der Waals surface area contributed by atoms with Crippen LogP contribution < -0.4 is 0 Å². The Morgan fingerprint density at radius 1 is 0.590 bits per heavy atom. The molecule has 0 aliphatic carbocycles. The lowest BCUT2D eigenvalue weighted by atomic mass is 10.1. The molecule has 0 atom stereocenters. The smallest absolute Gasteiger partial charge is 0.227 e. The van der Waals surface area contributed by atoms with E-state index in [9.17, 15) is 0 Å². The lowest BCUT2D eigenvalue weighted by Crippen LogP contribution is -1.94. The quantitative estimate of drug-likeness (QED) is 0.229. The van der Waals surface area contributed by atoms with Gasteiger partial charge in [-0.15, -0.1) is 11.3 Å². The molecule has 6 aromatic carbocycles. The summed E-state index contributed by atoms with van der Waals surface area (Å²) in [5, 5.41) is 7.39. The van der Waals surface area contributed by atoms with E-state index in [-0.39, 0.29) is 0 Å². The van der Waals surface area contributed by atoms with E-state index in [0.29, 0.717) is 5.89 Å². The van der Waals surface area contributed by atoms with Crippen LogP contribution in [0.25, 0.3) is 81.0 Å². The number of thiophene rings is 1. The molecule has 0 radical (unpaired) electrons. The normalized spacial score (nSPS) is 12.1. The Balaban J connectivity index is 1.24. The molecule has 9 rings (SSSR count). The summed E-state index contributed by atoms with van der Waals surface area (Å²) in [7, 11) is 0. The van der Waals surface area contributed by atoms with Gasteiger partial charge in [-0.3, -0.25) is 0 Å². The van der Waals surface area contributed by atoms with E-state index in [2.05, 4.69) is 126 Å². The van der Waals surface area contributed by atoms with E-state index in [1.165, 1.54) is 47.4 Å². The van der Waals surface area contributed by atoms with Crippen molar-refractivity contribution >= 4 is 75.2 Å². The monoisotopic (exact) mass is 516 g/mol. The molecule has 0 aliphatic heterocycles. The summed E-state index contributed by atoms with van der Waals surface area (Å²) in [5.74, 6) is 0.645. The van der Waals surface area contributed by atoms with Gasteiger partial charge in [0.05, 0.1) is 11.0 Å². The average molecular weight is 517 g/mol. The van der Waals surface area contributed by atoms with Gasteiger partial charge in [-0.05, 0) is 53.9 Å². The fourth-order valence-electron chi connectivity index (χ4n) is 6.07. The van der Waals surface area contributed by atoms with Gasteiger partial charge in [0.1, 0.15) is 5.52 Å². The molecule has 39 heavy (non-hydrogen) atoms. The van der Waals surface area contributed by atoms with Crippen molar-refractivity contribution in [3.05, 3.63) is 121 Å². The van der Waals surface area contributed by atoms with Gasteiger partial charge in [0, 0.05) is 47.6 Å². The largest absolute Gasteiger partial charge is 0.435 e. The molecular weight excluding hydrogens is 496 g/mol.